The Morgan fingerprint density at radius 1 is 1.37 bits per heavy atom. The predicted octanol–water partition coefficient (Wildman–Crippen LogP) is 1.38. The van der Waals surface area contributed by atoms with Crippen LogP contribution in [0.25, 0.3) is 0 Å². The highest BCUT2D eigenvalue weighted by Gasteiger charge is 2.36. The third-order valence-electron chi connectivity index (χ3n) is 3.37. The van der Waals surface area contributed by atoms with Crippen molar-refractivity contribution in [1.82, 2.24) is 21.4 Å². The minimum Gasteiger partial charge on any atom is -0.404 e. The topological polar surface area (TPSA) is 112 Å². The van der Waals surface area contributed by atoms with Gasteiger partial charge in [0.2, 0.25) is 5.96 Å². The lowest BCUT2D eigenvalue weighted by Gasteiger charge is -2.18. The zero-order chi connectivity index (χ0) is 20.4. The number of benzene rings is 1. The van der Waals surface area contributed by atoms with Crippen molar-refractivity contribution in [3.05, 3.63) is 22.7 Å². The van der Waals surface area contributed by atoms with Gasteiger partial charge >= 0.3 is 6.36 Å². The number of amides is 1. The molecule has 0 unspecified atom stereocenters. The first-order valence-electron chi connectivity index (χ1n) is 7.48. The fourth-order valence-corrected chi connectivity index (χ4v) is 3.78. The summed E-state index contributed by atoms with van der Waals surface area (Å²) in [6.45, 7) is 3.39. The SMILES string of the molecule is CCN1NNN=C1NC(=O)c1ccc(OC(F)(F)F)c(S(=O)(=O)CC)c1Cl. The van der Waals surface area contributed by atoms with Crippen molar-refractivity contribution in [2.75, 3.05) is 12.3 Å². The highest BCUT2D eigenvalue weighted by molar-refractivity contribution is 7.91. The third-order valence-corrected chi connectivity index (χ3v) is 5.66. The van der Waals surface area contributed by atoms with Crippen LogP contribution in [0, 0.1) is 0 Å². The summed E-state index contributed by atoms with van der Waals surface area (Å²) in [4.78, 5) is 11.5. The lowest BCUT2D eigenvalue weighted by atomic mass is 10.2. The minimum absolute atomic E-state index is 0.0640. The highest BCUT2D eigenvalue weighted by atomic mass is 35.5. The monoisotopic (exact) mass is 429 g/mol. The van der Waals surface area contributed by atoms with Gasteiger partial charge in [-0.1, -0.05) is 18.5 Å². The van der Waals surface area contributed by atoms with Gasteiger partial charge in [0.25, 0.3) is 5.91 Å². The molecule has 1 aromatic carbocycles. The first kappa shape index (κ1) is 21.1. The van der Waals surface area contributed by atoms with E-state index in [0.717, 1.165) is 12.1 Å². The van der Waals surface area contributed by atoms with E-state index in [9.17, 15) is 26.4 Å². The van der Waals surface area contributed by atoms with Gasteiger partial charge in [0, 0.05) is 6.54 Å². The normalized spacial score (nSPS) is 14.6. The van der Waals surface area contributed by atoms with E-state index in [-0.39, 0.29) is 11.5 Å². The number of halogens is 4. The zero-order valence-electron chi connectivity index (χ0n) is 14.0. The number of nitrogens with zero attached hydrogens (tertiary/aromatic N) is 2. The Hall–Kier alpha value is -2.25. The first-order valence-corrected chi connectivity index (χ1v) is 9.51. The molecule has 14 heteroatoms. The van der Waals surface area contributed by atoms with Crippen LogP contribution in [0.2, 0.25) is 5.02 Å². The van der Waals surface area contributed by atoms with Gasteiger partial charge in [0.1, 0.15) is 10.6 Å². The first-order chi connectivity index (χ1) is 12.5. The largest absolute Gasteiger partial charge is 0.573 e. The molecule has 0 spiro atoms. The van der Waals surface area contributed by atoms with Crippen molar-refractivity contribution in [3.63, 3.8) is 0 Å². The Kier molecular flexibility index (Phi) is 6.07. The van der Waals surface area contributed by atoms with E-state index < -0.39 is 43.5 Å². The Balaban J connectivity index is 2.47. The van der Waals surface area contributed by atoms with Crippen LogP contribution in [0.1, 0.15) is 24.2 Å². The number of rotatable bonds is 5. The molecule has 0 bridgehead atoms. The molecule has 27 heavy (non-hydrogen) atoms. The standard InChI is InChI=1S/C13H15ClF3N5O4S/c1-3-22-12(19-20-21-22)18-11(23)7-5-6-8(26-13(15,16)17)10(9(7)14)27(24,25)4-2/h5-6,20-21H,3-4H2,1-2H3,(H,18,19,23). The summed E-state index contributed by atoms with van der Waals surface area (Å²) < 4.78 is 66.0. The third kappa shape index (κ3) is 4.73. The van der Waals surface area contributed by atoms with E-state index in [1.54, 1.807) is 6.92 Å². The number of ether oxygens (including phenoxy) is 1. The molecular weight excluding hydrogens is 415 g/mol. The lowest BCUT2D eigenvalue weighted by molar-refractivity contribution is -0.275. The molecular formula is C13H15ClF3N5O4S. The molecule has 0 atom stereocenters. The average Bonchev–Trinajstić information content (AvgIpc) is 3.00. The van der Waals surface area contributed by atoms with Crippen LogP contribution in [0.4, 0.5) is 13.2 Å². The fourth-order valence-electron chi connectivity index (χ4n) is 2.10. The Labute approximate surface area is 157 Å². The highest BCUT2D eigenvalue weighted by Crippen LogP contribution is 2.37. The fraction of sp³-hybridized carbons (Fsp3) is 0.385. The summed E-state index contributed by atoms with van der Waals surface area (Å²) in [7, 11) is -4.23. The Morgan fingerprint density at radius 2 is 2.04 bits per heavy atom. The number of hydrogen-bond acceptors (Lipinski definition) is 8. The lowest BCUT2D eigenvalue weighted by Crippen LogP contribution is -2.47. The number of carbonyl (C=O) groups is 1. The molecule has 1 aliphatic heterocycles. The summed E-state index contributed by atoms with van der Waals surface area (Å²) in [5, 5.41) is 6.85. The van der Waals surface area contributed by atoms with Crippen molar-refractivity contribution < 1.29 is 31.1 Å². The van der Waals surface area contributed by atoms with E-state index in [1.165, 1.54) is 11.9 Å². The van der Waals surface area contributed by atoms with Gasteiger partial charge in [0.15, 0.2) is 9.84 Å². The van der Waals surface area contributed by atoms with Crippen molar-refractivity contribution in [3.8, 4) is 5.75 Å². The van der Waals surface area contributed by atoms with Gasteiger partial charge in [-0.2, -0.15) is 0 Å². The van der Waals surface area contributed by atoms with Crippen molar-refractivity contribution >= 4 is 33.3 Å². The van der Waals surface area contributed by atoms with Gasteiger partial charge in [0.05, 0.1) is 16.3 Å². The Bertz CT molecular complexity index is 875. The molecule has 1 aromatic rings. The second-order valence-electron chi connectivity index (χ2n) is 5.06. The van der Waals surface area contributed by atoms with E-state index in [2.05, 4.69) is 26.2 Å². The van der Waals surface area contributed by atoms with Crippen LogP contribution in [0.15, 0.2) is 22.1 Å². The van der Waals surface area contributed by atoms with Crippen LogP contribution < -0.4 is 21.1 Å². The van der Waals surface area contributed by atoms with Crippen LogP contribution in [-0.2, 0) is 9.84 Å². The maximum absolute atomic E-state index is 12.6. The van der Waals surface area contributed by atoms with Gasteiger partial charge < -0.3 is 4.74 Å². The van der Waals surface area contributed by atoms with Gasteiger partial charge in [-0.15, -0.1) is 23.8 Å². The van der Waals surface area contributed by atoms with Gasteiger partial charge in [-0.3, -0.25) is 15.1 Å². The van der Waals surface area contributed by atoms with Crippen LogP contribution in [0.3, 0.4) is 0 Å². The van der Waals surface area contributed by atoms with E-state index in [0.29, 0.717) is 6.54 Å². The number of carbonyl (C=O) groups excluding carboxylic acids is 1. The number of hydrogen-bond donors (Lipinski definition) is 3. The number of alkyl halides is 3. The molecule has 0 saturated carbocycles. The molecule has 0 aromatic heterocycles. The maximum Gasteiger partial charge on any atom is 0.573 e. The number of sulfone groups is 1. The molecule has 0 saturated heterocycles. The van der Waals surface area contributed by atoms with E-state index in [4.69, 9.17) is 11.6 Å². The number of nitrogens with one attached hydrogen (secondary N) is 3. The van der Waals surface area contributed by atoms with Gasteiger partial charge in [-0.05, 0) is 19.1 Å². The molecule has 0 fully saturated rings. The minimum atomic E-state index is -5.14. The van der Waals surface area contributed by atoms with Crippen LogP contribution in [-0.4, -0.2) is 44.0 Å². The maximum atomic E-state index is 12.6. The second-order valence-corrected chi connectivity index (χ2v) is 7.66. The molecule has 0 aliphatic carbocycles. The van der Waals surface area contributed by atoms with Crippen LogP contribution >= 0.6 is 11.6 Å². The van der Waals surface area contributed by atoms with Crippen molar-refractivity contribution in [1.29, 1.82) is 0 Å². The molecule has 1 heterocycles. The number of hydrazine groups is 2. The summed E-state index contributed by atoms with van der Waals surface area (Å²) in [5.41, 5.74) is 4.64. The number of guanidine groups is 1. The predicted molar refractivity (Wildman–Crippen MR) is 89.4 cm³/mol. The smallest absolute Gasteiger partial charge is 0.404 e. The molecule has 9 nitrogen and oxygen atoms in total. The molecule has 1 amide bonds. The van der Waals surface area contributed by atoms with E-state index >= 15 is 0 Å². The van der Waals surface area contributed by atoms with Crippen LogP contribution in [0.5, 0.6) is 5.75 Å². The summed E-state index contributed by atoms with van der Waals surface area (Å²) in [6.07, 6.45) is -5.14. The average molecular weight is 430 g/mol. The van der Waals surface area contributed by atoms with Crippen molar-refractivity contribution in [2.45, 2.75) is 25.1 Å². The number of hydrazone groups is 1. The molecule has 2 rings (SSSR count). The summed E-state index contributed by atoms with van der Waals surface area (Å²) in [6, 6.07) is 1.65. The quantitative estimate of drug-likeness (QED) is 0.648. The molecule has 3 N–H and O–H groups in total. The molecule has 1 aliphatic rings. The Morgan fingerprint density at radius 3 is 2.59 bits per heavy atom. The molecule has 150 valence electrons. The van der Waals surface area contributed by atoms with Gasteiger partial charge in [-0.25, -0.2) is 14.0 Å². The van der Waals surface area contributed by atoms with Crippen molar-refractivity contribution in [2.24, 2.45) is 5.10 Å². The molecule has 0 radical (unpaired) electrons. The second kappa shape index (κ2) is 7.78. The van der Waals surface area contributed by atoms with E-state index in [1.807, 2.05) is 0 Å². The summed E-state index contributed by atoms with van der Waals surface area (Å²) in [5.74, 6) is -2.36. The summed E-state index contributed by atoms with van der Waals surface area (Å²) >= 11 is 5.98. The zero-order valence-corrected chi connectivity index (χ0v) is 15.6.